The van der Waals surface area contributed by atoms with Crippen molar-refractivity contribution in [3.63, 3.8) is 0 Å². The van der Waals surface area contributed by atoms with E-state index in [1.165, 1.54) is 0 Å². The first-order chi connectivity index (χ1) is 14.1. The molecule has 4 rings (SSSR count). The van der Waals surface area contributed by atoms with Crippen LogP contribution in [0.5, 0.6) is 0 Å². The first kappa shape index (κ1) is 20.5. The molecule has 30 heavy (non-hydrogen) atoms. The fourth-order valence-electron chi connectivity index (χ4n) is 3.60. The number of halogens is 6. The van der Waals surface area contributed by atoms with Gasteiger partial charge >= 0.3 is 12.4 Å². The second-order valence-electron chi connectivity index (χ2n) is 7.21. The molecule has 0 bridgehead atoms. The summed E-state index contributed by atoms with van der Waals surface area (Å²) in [5.74, 6) is 0. The summed E-state index contributed by atoms with van der Waals surface area (Å²) >= 11 is 0. The van der Waals surface area contributed by atoms with Gasteiger partial charge in [-0.1, -0.05) is 18.2 Å². The molecule has 10 heteroatoms. The summed E-state index contributed by atoms with van der Waals surface area (Å²) in [6.07, 6.45) is -7.94. The molecule has 0 N–H and O–H groups in total. The third-order valence-electron chi connectivity index (χ3n) is 5.19. The van der Waals surface area contributed by atoms with Gasteiger partial charge in [-0.15, -0.1) is 0 Å². The number of rotatable bonds is 3. The molecule has 0 saturated carbocycles. The smallest absolute Gasteiger partial charge is 0.369 e. The van der Waals surface area contributed by atoms with E-state index in [2.05, 4.69) is 10.00 Å². The fraction of sp³-hybridized carbons (Fsp3) is 0.350. The maximum absolute atomic E-state index is 13.1. The molecule has 0 amide bonds. The van der Waals surface area contributed by atoms with Gasteiger partial charge in [0.1, 0.15) is 0 Å². The largest absolute Gasteiger partial charge is 0.416 e. The Morgan fingerprint density at radius 1 is 0.800 bits per heavy atom. The number of aromatic nitrogens is 2. The Labute approximate surface area is 168 Å². The highest BCUT2D eigenvalue weighted by Crippen LogP contribution is 2.38. The number of fused-ring (bicyclic) bond motifs is 1. The molecule has 0 aliphatic carbocycles. The molecule has 2 aromatic carbocycles. The maximum Gasteiger partial charge on any atom is 0.416 e. The van der Waals surface area contributed by atoms with E-state index in [1.54, 1.807) is 11.1 Å². The van der Waals surface area contributed by atoms with Crippen molar-refractivity contribution in [2.45, 2.75) is 19.0 Å². The van der Waals surface area contributed by atoms with Crippen molar-refractivity contribution in [3.05, 3.63) is 59.8 Å². The zero-order valence-electron chi connectivity index (χ0n) is 15.7. The third kappa shape index (κ3) is 4.23. The summed E-state index contributed by atoms with van der Waals surface area (Å²) in [5, 5.41) is 5.36. The van der Waals surface area contributed by atoms with Crippen molar-refractivity contribution < 1.29 is 26.3 Å². The number of para-hydroxylation sites is 1. The molecule has 0 unspecified atom stereocenters. The van der Waals surface area contributed by atoms with Crippen molar-refractivity contribution >= 4 is 16.6 Å². The van der Waals surface area contributed by atoms with E-state index in [9.17, 15) is 26.3 Å². The molecular formula is C20H18F6N4. The Bertz CT molecular complexity index is 999. The van der Waals surface area contributed by atoms with Crippen LogP contribution in [0.1, 0.15) is 11.1 Å². The number of hydrogen-bond acceptors (Lipinski definition) is 3. The SMILES string of the molecule is FC(F)(F)c1cc(N2CCN(Cn3ncc4ccccc43)CC2)cc(C(F)(F)F)c1. The molecule has 1 aromatic heterocycles. The van der Waals surface area contributed by atoms with Gasteiger partial charge in [-0.2, -0.15) is 31.4 Å². The van der Waals surface area contributed by atoms with Crippen LogP contribution < -0.4 is 4.90 Å². The minimum atomic E-state index is -4.85. The van der Waals surface area contributed by atoms with Crippen LogP contribution in [0.25, 0.3) is 10.9 Å². The summed E-state index contributed by atoms with van der Waals surface area (Å²) in [4.78, 5) is 3.62. The minimum Gasteiger partial charge on any atom is -0.369 e. The van der Waals surface area contributed by atoms with Gasteiger partial charge in [-0.25, -0.2) is 0 Å². The van der Waals surface area contributed by atoms with E-state index in [0.717, 1.165) is 23.0 Å². The van der Waals surface area contributed by atoms with E-state index in [0.29, 0.717) is 32.8 Å². The molecule has 0 radical (unpaired) electrons. The average molecular weight is 428 g/mol. The molecule has 1 fully saturated rings. The minimum absolute atomic E-state index is 0.0682. The normalized spacial score (nSPS) is 16.4. The van der Waals surface area contributed by atoms with Gasteiger partial charge in [0.05, 0.1) is 29.5 Å². The summed E-state index contributed by atoms with van der Waals surface area (Å²) in [6, 6.07) is 9.44. The van der Waals surface area contributed by atoms with Crippen LogP contribution in [0, 0.1) is 0 Å². The van der Waals surface area contributed by atoms with Crippen molar-refractivity contribution in [1.82, 2.24) is 14.7 Å². The Morgan fingerprint density at radius 3 is 2.00 bits per heavy atom. The highest BCUT2D eigenvalue weighted by Gasteiger charge is 2.37. The van der Waals surface area contributed by atoms with E-state index in [4.69, 9.17) is 0 Å². The topological polar surface area (TPSA) is 24.3 Å². The lowest BCUT2D eigenvalue weighted by atomic mass is 10.1. The number of anilines is 1. The van der Waals surface area contributed by atoms with E-state index in [-0.39, 0.29) is 11.8 Å². The first-order valence-electron chi connectivity index (χ1n) is 9.28. The van der Waals surface area contributed by atoms with Crippen molar-refractivity contribution in [3.8, 4) is 0 Å². The number of alkyl halides is 6. The molecule has 1 saturated heterocycles. The molecule has 1 aliphatic heterocycles. The summed E-state index contributed by atoms with van der Waals surface area (Å²) in [5.41, 5.74) is -1.69. The monoisotopic (exact) mass is 428 g/mol. The Morgan fingerprint density at radius 2 is 1.40 bits per heavy atom. The summed E-state index contributed by atoms with van der Waals surface area (Å²) < 4.78 is 80.4. The van der Waals surface area contributed by atoms with Gasteiger partial charge in [0, 0.05) is 37.3 Å². The quantitative estimate of drug-likeness (QED) is 0.558. The van der Waals surface area contributed by atoms with Crippen molar-refractivity contribution in [2.24, 2.45) is 0 Å². The second-order valence-corrected chi connectivity index (χ2v) is 7.21. The summed E-state index contributed by atoms with van der Waals surface area (Å²) in [7, 11) is 0. The molecule has 2 heterocycles. The number of benzene rings is 2. The van der Waals surface area contributed by atoms with Crippen LogP contribution in [-0.2, 0) is 19.0 Å². The zero-order valence-corrected chi connectivity index (χ0v) is 15.7. The van der Waals surface area contributed by atoms with Crippen LogP contribution in [0.3, 0.4) is 0 Å². The first-order valence-corrected chi connectivity index (χ1v) is 9.28. The Kier molecular flexibility index (Phi) is 5.13. The molecule has 1 aliphatic rings. The molecule has 0 spiro atoms. The van der Waals surface area contributed by atoms with E-state index >= 15 is 0 Å². The van der Waals surface area contributed by atoms with Crippen LogP contribution in [0.15, 0.2) is 48.7 Å². The van der Waals surface area contributed by atoms with Crippen LogP contribution >= 0.6 is 0 Å². The third-order valence-corrected chi connectivity index (χ3v) is 5.19. The van der Waals surface area contributed by atoms with Gasteiger partial charge in [-0.05, 0) is 24.3 Å². The number of nitrogens with zero attached hydrogens (tertiary/aromatic N) is 4. The Balaban J connectivity index is 1.49. The lowest BCUT2D eigenvalue weighted by molar-refractivity contribution is -0.143. The lowest BCUT2D eigenvalue weighted by Crippen LogP contribution is -2.47. The standard InChI is InChI=1S/C20H18F6N4/c21-19(22,23)15-9-16(20(24,25)26)11-17(10-15)29-7-5-28(6-8-29)13-30-18-4-2-1-3-14(18)12-27-30/h1-4,9-12H,5-8,13H2. The highest BCUT2D eigenvalue weighted by molar-refractivity contribution is 5.78. The molecule has 160 valence electrons. The second kappa shape index (κ2) is 7.50. The molecular weight excluding hydrogens is 410 g/mol. The number of hydrogen-bond donors (Lipinski definition) is 0. The molecule has 3 aromatic rings. The van der Waals surface area contributed by atoms with Crippen molar-refractivity contribution in [2.75, 3.05) is 31.1 Å². The molecule has 4 nitrogen and oxygen atoms in total. The predicted octanol–water partition coefficient (Wildman–Crippen LogP) is 4.85. The van der Waals surface area contributed by atoms with E-state index < -0.39 is 23.5 Å². The lowest BCUT2D eigenvalue weighted by Gasteiger charge is -2.36. The Hall–Kier alpha value is -2.75. The number of piperazine rings is 1. The van der Waals surface area contributed by atoms with Crippen LogP contribution in [-0.4, -0.2) is 40.9 Å². The predicted molar refractivity (Wildman–Crippen MR) is 100.0 cm³/mol. The van der Waals surface area contributed by atoms with Gasteiger partial charge in [0.2, 0.25) is 0 Å². The van der Waals surface area contributed by atoms with Gasteiger partial charge in [-0.3, -0.25) is 9.58 Å². The molecule has 0 atom stereocenters. The van der Waals surface area contributed by atoms with Crippen LogP contribution in [0.2, 0.25) is 0 Å². The van der Waals surface area contributed by atoms with Gasteiger partial charge in [0.25, 0.3) is 0 Å². The van der Waals surface area contributed by atoms with Crippen molar-refractivity contribution in [1.29, 1.82) is 0 Å². The summed E-state index contributed by atoms with van der Waals surface area (Å²) in [6.45, 7) is 2.12. The van der Waals surface area contributed by atoms with Gasteiger partial charge < -0.3 is 4.90 Å². The fourth-order valence-corrected chi connectivity index (χ4v) is 3.60. The zero-order chi connectivity index (χ0) is 21.5. The maximum atomic E-state index is 13.1. The van der Waals surface area contributed by atoms with Gasteiger partial charge in [0.15, 0.2) is 0 Å². The van der Waals surface area contributed by atoms with Crippen LogP contribution in [0.4, 0.5) is 32.0 Å². The van der Waals surface area contributed by atoms with E-state index in [1.807, 2.05) is 28.9 Å². The average Bonchev–Trinajstić information content (AvgIpc) is 3.10. The highest BCUT2D eigenvalue weighted by atomic mass is 19.4.